The lowest BCUT2D eigenvalue weighted by molar-refractivity contribution is 0.761. The number of fused-ring (bicyclic) bond motifs is 1. The molecular formula is C16H12BrClN2. The molecule has 0 aliphatic heterocycles. The summed E-state index contributed by atoms with van der Waals surface area (Å²) in [4.78, 5) is 0. The zero-order chi connectivity index (χ0) is 14.1. The highest BCUT2D eigenvalue weighted by molar-refractivity contribution is 9.10. The Morgan fingerprint density at radius 2 is 2.10 bits per heavy atom. The van der Waals surface area contributed by atoms with E-state index < -0.39 is 0 Å². The van der Waals surface area contributed by atoms with Gasteiger partial charge in [-0.25, -0.2) is 0 Å². The second kappa shape index (κ2) is 5.47. The number of hydrogen-bond donors (Lipinski definition) is 1. The van der Waals surface area contributed by atoms with Crippen molar-refractivity contribution in [2.24, 2.45) is 0 Å². The molecular weight excluding hydrogens is 336 g/mol. The molecule has 1 aliphatic carbocycles. The van der Waals surface area contributed by atoms with Gasteiger partial charge in [-0.3, -0.25) is 0 Å². The number of benzene rings is 2. The summed E-state index contributed by atoms with van der Waals surface area (Å²) in [5.74, 6) is 0. The van der Waals surface area contributed by atoms with Gasteiger partial charge in [-0.15, -0.1) is 0 Å². The quantitative estimate of drug-likeness (QED) is 0.823. The van der Waals surface area contributed by atoms with Crippen LogP contribution in [0.15, 0.2) is 40.9 Å². The van der Waals surface area contributed by atoms with Crippen LogP contribution in [0.2, 0.25) is 5.02 Å². The zero-order valence-electron chi connectivity index (χ0n) is 10.7. The molecule has 3 rings (SSSR count). The molecule has 1 unspecified atom stereocenters. The van der Waals surface area contributed by atoms with Crippen LogP contribution in [0.4, 0.5) is 5.69 Å². The van der Waals surface area contributed by atoms with Gasteiger partial charge in [-0.05, 0) is 54.3 Å². The highest BCUT2D eigenvalue weighted by Crippen LogP contribution is 2.36. The largest absolute Gasteiger partial charge is 0.377 e. The Labute approximate surface area is 131 Å². The Kier molecular flexibility index (Phi) is 3.69. The topological polar surface area (TPSA) is 35.8 Å². The summed E-state index contributed by atoms with van der Waals surface area (Å²) in [6.07, 6.45) is 2.04. The zero-order valence-corrected chi connectivity index (χ0v) is 13.0. The number of halogens is 2. The third-order valence-electron chi connectivity index (χ3n) is 3.61. The van der Waals surface area contributed by atoms with Crippen LogP contribution >= 0.6 is 27.5 Å². The molecule has 0 heterocycles. The van der Waals surface area contributed by atoms with Crippen molar-refractivity contribution in [3.63, 3.8) is 0 Å². The lowest BCUT2D eigenvalue weighted by Crippen LogP contribution is -2.08. The Morgan fingerprint density at radius 1 is 1.25 bits per heavy atom. The van der Waals surface area contributed by atoms with Crippen molar-refractivity contribution in [3.05, 3.63) is 62.6 Å². The van der Waals surface area contributed by atoms with E-state index in [0.29, 0.717) is 5.56 Å². The Morgan fingerprint density at radius 3 is 2.90 bits per heavy atom. The lowest BCUT2D eigenvalue weighted by Gasteiger charge is -2.17. The molecule has 0 fully saturated rings. The average Bonchev–Trinajstić information content (AvgIpc) is 2.81. The van der Waals surface area contributed by atoms with E-state index in [2.05, 4.69) is 33.4 Å². The van der Waals surface area contributed by atoms with Crippen LogP contribution in [-0.4, -0.2) is 0 Å². The van der Waals surface area contributed by atoms with Crippen molar-refractivity contribution in [3.8, 4) is 6.07 Å². The van der Waals surface area contributed by atoms with Gasteiger partial charge < -0.3 is 5.32 Å². The van der Waals surface area contributed by atoms with E-state index in [4.69, 9.17) is 11.6 Å². The summed E-state index contributed by atoms with van der Waals surface area (Å²) in [7, 11) is 0. The standard InChI is InChI=1S/C16H12BrClN2/c17-12-3-1-11(9-19)16(8-12)20-15-6-2-10-7-13(18)4-5-14(10)15/h1,3-5,7-8,15,20H,2,6H2. The third-order valence-corrected chi connectivity index (χ3v) is 4.34. The fourth-order valence-electron chi connectivity index (χ4n) is 2.66. The van der Waals surface area contributed by atoms with E-state index in [9.17, 15) is 5.26 Å². The Hall–Kier alpha value is -1.50. The Bertz CT molecular complexity index is 706. The van der Waals surface area contributed by atoms with E-state index in [0.717, 1.165) is 28.0 Å². The van der Waals surface area contributed by atoms with Crippen LogP contribution in [-0.2, 0) is 6.42 Å². The van der Waals surface area contributed by atoms with E-state index in [1.807, 2.05) is 30.3 Å². The van der Waals surface area contributed by atoms with Gasteiger partial charge in [0.25, 0.3) is 0 Å². The normalized spacial score (nSPS) is 16.6. The number of nitrogens with one attached hydrogen (secondary N) is 1. The summed E-state index contributed by atoms with van der Waals surface area (Å²) in [6, 6.07) is 14.2. The van der Waals surface area contributed by atoms with Crippen molar-refractivity contribution in [1.29, 1.82) is 5.26 Å². The highest BCUT2D eigenvalue weighted by atomic mass is 79.9. The van der Waals surface area contributed by atoms with Crippen LogP contribution in [0.3, 0.4) is 0 Å². The second-order valence-electron chi connectivity index (χ2n) is 4.88. The lowest BCUT2D eigenvalue weighted by atomic mass is 10.1. The minimum atomic E-state index is 0.240. The molecule has 0 bridgehead atoms. The summed E-state index contributed by atoms with van der Waals surface area (Å²) >= 11 is 9.48. The fourth-order valence-corrected chi connectivity index (χ4v) is 3.21. The van der Waals surface area contributed by atoms with E-state index in [1.54, 1.807) is 0 Å². The summed E-state index contributed by atoms with van der Waals surface area (Å²) < 4.78 is 0.966. The molecule has 0 saturated heterocycles. The summed E-state index contributed by atoms with van der Waals surface area (Å²) in [6.45, 7) is 0. The van der Waals surface area contributed by atoms with Gasteiger partial charge in [0.2, 0.25) is 0 Å². The van der Waals surface area contributed by atoms with Gasteiger partial charge in [-0.1, -0.05) is 33.6 Å². The van der Waals surface area contributed by atoms with Crippen molar-refractivity contribution in [2.45, 2.75) is 18.9 Å². The molecule has 0 saturated carbocycles. The van der Waals surface area contributed by atoms with Crippen molar-refractivity contribution >= 4 is 33.2 Å². The molecule has 4 heteroatoms. The number of hydrogen-bond acceptors (Lipinski definition) is 2. The average molecular weight is 348 g/mol. The smallest absolute Gasteiger partial charge is 0.101 e. The molecule has 2 aromatic rings. The van der Waals surface area contributed by atoms with E-state index in [1.165, 1.54) is 11.1 Å². The van der Waals surface area contributed by atoms with Gasteiger partial charge in [0.1, 0.15) is 6.07 Å². The minimum Gasteiger partial charge on any atom is -0.377 e. The molecule has 0 radical (unpaired) electrons. The first-order valence-electron chi connectivity index (χ1n) is 6.42. The van der Waals surface area contributed by atoms with E-state index in [-0.39, 0.29) is 6.04 Å². The van der Waals surface area contributed by atoms with Gasteiger partial charge >= 0.3 is 0 Å². The van der Waals surface area contributed by atoms with Crippen molar-refractivity contribution < 1.29 is 0 Å². The van der Waals surface area contributed by atoms with Gasteiger partial charge in [0, 0.05) is 9.50 Å². The van der Waals surface area contributed by atoms with Crippen LogP contribution < -0.4 is 5.32 Å². The van der Waals surface area contributed by atoms with E-state index >= 15 is 0 Å². The maximum atomic E-state index is 9.19. The summed E-state index contributed by atoms with van der Waals surface area (Å²) in [5, 5.41) is 13.5. The van der Waals surface area contributed by atoms with Crippen molar-refractivity contribution in [2.75, 3.05) is 5.32 Å². The second-order valence-corrected chi connectivity index (χ2v) is 6.23. The monoisotopic (exact) mass is 346 g/mol. The third kappa shape index (κ3) is 2.54. The van der Waals surface area contributed by atoms with Crippen molar-refractivity contribution in [1.82, 2.24) is 0 Å². The molecule has 20 heavy (non-hydrogen) atoms. The van der Waals surface area contributed by atoms with Gasteiger partial charge in [0.15, 0.2) is 0 Å². The van der Waals surface area contributed by atoms with Crippen LogP contribution in [0.25, 0.3) is 0 Å². The van der Waals surface area contributed by atoms with Gasteiger partial charge in [0.05, 0.1) is 17.3 Å². The van der Waals surface area contributed by atoms with Crippen LogP contribution in [0.5, 0.6) is 0 Å². The minimum absolute atomic E-state index is 0.240. The number of nitriles is 1. The maximum Gasteiger partial charge on any atom is 0.101 e. The fraction of sp³-hybridized carbons (Fsp3) is 0.188. The molecule has 0 amide bonds. The van der Waals surface area contributed by atoms with Crippen LogP contribution in [0, 0.1) is 11.3 Å². The number of nitrogens with zero attached hydrogens (tertiary/aromatic N) is 1. The highest BCUT2D eigenvalue weighted by Gasteiger charge is 2.23. The number of anilines is 1. The van der Waals surface area contributed by atoms with Crippen LogP contribution in [0.1, 0.15) is 29.2 Å². The molecule has 1 aliphatic rings. The molecule has 2 aromatic carbocycles. The number of aryl methyl sites for hydroxylation is 1. The summed E-state index contributed by atoms with van der Waals surface area (Å²) in [5.41, 5.74) is 4.10. The first-order chi connectivity index (χ1) is 9.67. The predicted molar refractivity (Wildman–Crippen MR) is 85.0 cm³/mol. The molecule has 0 spiro atoms. The number of rotatable bonds is 2. The molecule has 100 valence electrons. The Balaban J connectivity index is 1.91. The SMILES string of the molecule is N#Cc1ccc(Br)cc1NC1CCc2cc(Cl)ccc21. The van der Waals surface area contributed by atoms with Gasteiger partial charge in [-0.2, -0.15) is 5.26 Å². The first-order valence-corrected chi connectivity index (χ1v) is 7.59. The maximum absolute atomic E-state index is 9.19. The molecule has 0 aromatic heterocycles. The molecule has 2 nitrogen and oxygen atoms in total. The predicted octanol–water partition coefficient (Wildman–Crippen LogP) is 5.07. The molecule has 1 atom stereocenters. The molecule has 1 N–H and O–H groups in total. The first kappa shape index (κ1) is 13.5.